The summed E-state index contributed by atoms with van der Waals surface area (Å²) in [5, 5.41) is 22.9. The lowest BCUT2D eigenvalue weighted by Gasteiger charge is -2.40. The van der Waals surface area contributed by atoms with Crippen LogP contribution in [0.25, 0.3) is 83.9 Å². The molecule has 2 N–H and O–H groups in total. The topological polar surface area (TPSA) is 313 Å². The molecule has 12 aromatic rings. The minimum atomic E-state index is -0.895. The monoisotopic (exact) mass is 1860 g/mol. The molecule has 0 bridgehead atoms. The van der Waals surface area contributed by atoms with Crippen molar-refractivity contribution in [2.75, 3.05) is 100 Å². The van der Waals surface area contributed by atoms with Gasteiger partial charge in [0.05, 0.1) is 60.9 Å². The summed E-state index contributed by atoms with van der Waals surface area (Å²) in [5.41, 5.74) is 3.87. The van der Waals surface area contributed by atoms with Crippen LogP contribution in [0.3, 0.4) is 0 Å². The number of aromatic hydroxyl groups is 2. The Hall–Kier alpha value is -12.9. The van der Waals surface area contributed by atoms with Gasteiger partial charge >= 0.3 is 17.1 Å². The van der Waals surface area contributed by atoms with Crippen molar-refractivity contribution in [3.05, 3.63) is 246 Å². The summed E-state index contributed by atoms with van der Waals surface area (Å²) in [6.07, 6.45) is 12.6. The number of pyridine rings is 6. The van der Waals surface area contributed by atoms with Crippen LogP contribution >= 0.6 is 46.7 Å². The molecule has 3 fully saturated rings. The molecule has 131 heavy (non-hydrogen) atoms. The van der Waals surface area contributed by atoms with E-state index < -0.39 is 57.3 Å². The van der Waals surface area contributed by atoms with Gasteiger partial charge in [0.25, 0.3) is 5.91 Å². The first-order valence-corrected chi connectivity index (χ1v) is 45.6. The van der Waals surface area contributed by atoms with Crippen molar-refractivity contribution in [3.8, 4) is 62.3 Å². The van der Waals surface area contributed by atoms with Gasteiger partial charge in [-0.1, -0.05) is 90.5 Å². The summed E-state index contributed by atoms with van der Waals surface area (Å²) < 4.78 is 67.4. The number of carbonyl (C=O) groups excluding carboxylic acids is 4. The molecular weight excluding hydrogens is 1760 g/mol. The van der Waals surface area contributed by atoms with Crippen LogP contribution in [0.4, 0.5) is 35.0 Å². The Kier molecular flexibility index (Phi) is 29.1. The minimum Gasteiger partial charge on any atom is -0.507 e. The minimum absolute atomic E-state index is 0.00336. The number of fused-ring (bicyclic) bond motifs is 3. The number of halogens is 6. The fourth-order valence-corrected chi connectivity index (χ4v) is 18.7. The predicted octanol–water partition coefficient (Wildman–Crippen LogP) is 15.7. The molecule has 0 aliphatic carbocycles. The Morgan fingerprint density at radius 1 is 0.504 bits per heavy atom. The van der Waals surface area contributed by atoms with E-state index in [1.54, 1.807) is 77.3 Å². The van der Waals surface area contributed by atoms with E-state index in [-0.39, 0.29) is 127 Å². The second kappa shape index (κ2) is 39.8. The average molecular weight is 1860 g/mol. The van der Waals surface area contributed by atoms with Gasteiger partial charge in [0.1, 0.15) is 57.7 Å². The summed E-state index contributed by atoms with van der Waals surface area (Å²) >= 11 is 15.8. The molecule has 28 nitrogen and oxygen atoms in total. The molecule has 0 radical (unpaired) electrons. The third-order valence-corrected chi connectivity index (χ3v) is 25.2. The number of carbonyl (C=O) groups is 4. The first kappa shape index (κ1) is 95.7. The quantitative estimate of drug-likeness (QED) is 0.0431. The van der Waals surface area contributed by atoms with Crippen LogP contribution < -0.4 is 31.8 Å². The smallest absolute Gasteiger partial charge is 0.355 e. The second-order valence-electron chi connectivity index (χ2n) is 33.2. The molecular formula is C95H99Cl2F4N19O9S2. The van der Waals surface area contributed by atoms with Crippen LogP contribution in [0.5, 0.6) is 11.5 Å². The van der Waals surface area contributed by atoms with Crippen molar-refractivity contribution in [1.82, 2.24) is 78.2 Å². The van der Waals surface area contributed by atoms with Gasteiger partial charge in [-0.15, -0.1) is 11.8 Å². The number of nitrogens with zero attached hydrogens (tertiary/aromatic N) is 19. The molecule has 0 spiro atoms. The Morgan fingerprint density at radius 2 is 0.901 bits per heavy atom. The summed E-state index contributed by atoms with van der Waals surface area (Å²) in [4.78, 5) is 146. The van der Waals surface area contributed by atoms with Gasteiger partial charge in [0, 0.05) is 142 Å². The maximum absolute atomic E-state index is 16.2. The van der Waals surface area contributed by atoms with Gasteiger partial charge in [-0.2, -0.15) is 26.7 Å². The first-order chi connectivity index (χ1) is 62.4. The van der Waals surface area contributed by atoms with Gasteiger partial charge in [-0.05, 0) is 179 Å². The van der Waals surface area contributed by atoms with E-state index >= 15 is 13.2 Å². The van der Waals surface area contributed by atoms with E-state index in [9.17, 15) is 48.2 Å². The lowest BCUT2D eigenvalue weighted by Crippen LogP contribution is -2.54. The number of phenolic OH excluding ortho intramolecular Hbond substituents is 2. The fourth-order valence-electron chi connectivity index (χ4n) is 16.8. The third kappa shape index (κ3) is 18.9. The van der Waals surface area contributed by atoms with E-state index in [0.717, 1.165) is 22.8 Å². The lowest BCUT2D eigenvalue weighted by molar-refractivity contribution is -0.127. The Morgan fingerprint density at radius 3 is 1.29 bits per heavy atom. The Labute approximate surface area is 772 Å². The molecule has 3 aliphatic rings. The molecule has 15 rings (SSSR count). The number of aryl methyl sites for hydroxylation is 2. The van der Waals surface area contributed by atoms with Crippen molar-refractivity contribution < 1.29 is 47.0 Å². The van der Waals surface area contributed by atoms with E-state index in [4.69, 9.17) is 33.2 Å². The SMILES string of the molecule is C=CC(=O)N1CCN(c2nc(=O)n(-c3c(C)ccnc3C(C)C)c3nc(-c4cc(C(=O)N(C)C)ccc4O)c(F)cc23)[C@@H](C)C1.C=CC(=O)N1CCN(c2nc(=O)n(-c3c(C)ccnc3C(C)C)c3nc(-c4cc(Cl)cc(Cl)c4SC)c(F)cc23)[C@@H](C)C1.C=CC(=O)N1CCN(c2nc(=O)n(-c3c(CSC)ccnc3C(C)C)c3nc(-c4c(O)cccc4F)c(F)cc23)[C@@H](C)C1. The van der Waals surface area contributed by atoms with Crippen LogP contribution in [0.2, 0.25) is 10.0 Å². The normalized spacial score (nSPS) is 15.3. The molecule has 3 atom stereocenters. The van der Waals surface area contributed by atoms with Crippen LogP contribution in [-0.4, -0.2) is 216 Å². The zero-order chi connectivity index (χ0) is 94.9. The highest BCUT2D eigenvalue weighted by Crippen LogP contribution is 2.44. The number of benzene rings is 3. The van der Waals surface area contributed by atoms with Crippen molar-refractivity contribution in [2.45, 2.75) is 123 Å². The lowest BCUT2D eigenvalue weighted by atomic mass is 10.0. The van der Waals surface area contributed by atoms with Gasteiger partial charge in [-0.25, -0.2) is 60.6 Å². The van der Waals surface area contributed by atoms with Gasteiger partial charge in [-0.3, -0.25) is 34.1 Å². The number of hydrogen-bond acceptors (Lipinski definition) is 23. The number of amides is 4. The number of rotatable bonds is 19. The van der Waals surface area contributed by atoms with Crippen molar-refractivity contribution >= 4 is 121 Å². The summed E-state index contributed by atoms with van der Waals surface area (Å²) in [5.74, 6) is -3.75. The standard InChI is InChI=1S/C33H36FN7O4.C31H31Cl2FN6O2S.C31H32F2N6O3S/c1-8-26(43)39-13-14-40(20(5)17-39)30-23-16-24(34)28(22-15-21(9-10-25(22)42)32(44)38(6)7)36-31(23)41(33(45)37-30)29-19(4)11-12-35-27(29)18(2)3;1-7-24(41)38-10-11-39(18(5)15-38)29-21-14-23(34)26(20-12-19(32)13-22(33)28(20)43-6)36-30(21)40(31(42)37-29)27-17(4)8-9-35-25(27)16(2)3;1-6-24(41)37-12-13-38(18(4)15-37)29-20-14-22(33)27(25-21(32)8-7-9-23(25)40)35-30(20)39(31(42)36-29)28-19(16-43-5)10-11-34-26(28)17(2)3/h8-12,15-16,18,20,42H,1,13-14,17H2,2-7H3;7-9,12-14,16,18H,1,10-11,15H2,2-6H3;6-11,14,17-18,40H,1,12-13,15-16H2,2-5H3/t20-;2*18-/m000/s1. The number of anilines is 3. The average Bonchev–Trinajstić information content (AvgIpc) is 0.740. The molecule has 36 heteroatoms. The van der Waals surface area contributed by atoms with Gasteiger partial charge < -0.3 is 44.5 Å². The van der Waals surface area contributed by atoms with Crippen LogP contribution in [0, 0.1) is 37.1 Å². The van der Waals surface area contributed by atoms with E-state index in [0.29, 0.717) is 131 Å². The maximum atomic E-state index is 16.2. The van der Waals surface area contributed by atoms with Gasteiger partial charge in [0.15, 0.2) is 28.6 Å². The molecule has 9 aromatic heterocycles. The number of phenols is 2. The van der Waals surface area contributed by atoms with E-state index in [1.807, 2.05) is 116 Å². The third-order valence-electron chi connectivity index (χ3n) is 23.1. The van der Waals surface area contributed by atoms with Crippen molar-refractivity contribution in [2.24, 2.45) is 0 Å². The highest BCUT2D eigenvalue weighted by Gasteiger charge is 2.37. The first-order valence-electron chi connectivity index (χ1n) is 42.3. The molecule has 3 aromatic carbocycles. The predicted molar refractivity (Wildman–Crippen MR) is 508 cm³/mol. The number of piperazine rings is 3. The summed E-state index contributed by atoms with van der Waals surface area (Å²) in [6.45, 7) is 35.2. The maximum Gasteiger partial charge on any atom is 0.355 e. The highest BCUT2D eigenvalue weighted by molar-refractivity contribution is 7.99. The molecule has 4 amide bonds. The van der Waals surface area contributed by atoms with Crippen molar-refractivity contribution in [3.63, 3.8) is 0 Å². The molecule has 0 saturated carbocycles. The van der Waals surface area contributed by atoms with Crippen LogP contribution in [-0.2, 0) is 20.1 Å². The zero-order valence-electron chi connectivity index (χ0n) is 75.0. The van der Waals surface area contributed by atoms with Crippen molar-refractivity contribution in [1.29, 1.82) is 0 Å². The van der Waals surface area contributed by atoms with E-state index in [1.165, 1.54) is 97.1 Å². The number of aromatic nitrogens is 12. The summed E-state index contributed by atoms with van der Waals surface area (Å²) in [7, 11) is 3.18. The molecule has 12 heterocycles. The van der Waals surface area contributed by atoms with E-state index in [2.05, 4.69) is 54.6 Å². The number of hydrogen-bond donors (Lipinski definition) is 2. The summed E-state index contributed by atoms with van der Waals surface area (Å²) in [6, 6.07) is 19.5. The Balaban J connectivity index is 0.000000167. The molecule has 3 aliphatic heterocycles. The van der Waals surface area contributed by atoms with Crippen LogP contribution in [0.15, 0.2) is 161 Å². The zero-order valence-corrected chi connectivity index (χ0v) is 78.2. The number of thioether (sulfide) groups is 2. The second-order valence-corrected chi connectivity index (χ2v) is 35.7. The van der Waals surface area contributed by atoms with Crippen LogP contribution in [0.1, 0.15) is 124 Å². The molecule has 3 saturated heterocycles. The fraction of sp³-hybridized carbons (Fsp3) is 0.326. The highest BCUT2D eigenvalue weighted by atomic mass is 35.5. The largest absolute Gasteiger partial charge is 0.507 e. The Bertz CT molecular complexity index is 6780. The molecule has 682 valence electrons. The molecule has 0 unspecified atom stereocenters. The van der Waals surface area contributed by atoms with Gasteiger partial charge in [0.2, 0.25) is 17.7 Å².